The second kappa shape index (κ2) is 10.1. The standard InChI is InChI=1S/C27H25ClN4O2/c28-22-9-3-1-7-20(22)17-34-25-12-6-5-11-24(25)31-27(33)19-13-15-32(16-14-19)26-21-8-2-4-10-23(21)29-18-30-26/h1-12,18-19H,13-17H2,(H,31,33). The molecule has 1 N–H and O–H groups in total. The van der Waals surface area contributed by atoms with Crippen molar-refractivity contribution in [2.75, 3.05) is 23.3 Å². The molecule has 1 aliphatic rings. The van der Waals surface area contributed by atoms with E-state index in [9.17, 15) is 4.79 Å². The number of hydrogen-bond donors (Lipinski definition) is 1. The highest BCUT2D eigenvalue weighted by molar-refractivity contribution is 6.31. The summed E-state index contributed by atoms with van der Waals surface area (Å²) in [5.74, 6) is 1.51. The minimum absolute atomic E-state index is 0.0148. The van der Waals surface area contributed by atoms with Crippen LogP contribution in [0.5, 0.6) is 5.75 Å². The van der Waals surface area contributed by atoms with E-state index in [1.807, 2.05) is 72.8 Å². The summed E-state index contributed by atoms with van der Waals surface area (Å²) in [4.78, 5) is 24.2. The number of amides is 1. The van der Waals surface area contributed by atoms with E-state index in [2.05, 4.69) is 20.2 Å². The van der Waals surface area contributed by atoms with Crippen LogP contribution in [0.2, 0.25) is 5.02 Å². The fourth-order valence-corrected chi connectivity index (χ4v) is 4.49. The van der Waals surface area contributed by atoms with E-state index in [0.29, 0.717) is 23.1 Å². The normalized spacial score (nSPS) is 14.2. The summed E-state index contributed by atoms with van der Waals surface area (Å²) < 4.78 is 5.99. The van der Waals surface area contributed by atoms with E-state index in [1.54, 1.807) is 6.33 Å². The van der Waals surface area contributed by atoms with Crippen LogP contribution in [0.4, 0.5) is 11.5 Å². The van der Waals surface area contributed by atoms with Crippen molar-refractivity contribution in [3.8, 4) is 5.75 Å². The molecule has 5 rings (SSSR count). The number of rotatable bonds is 6. The largest absolute Gasteiger partial charge is 0.487 e. The van der Waals surface area contributed by atoms with Crippen LogP contribution < -0.4 is 15.0 Å². The average molecular weight is 473 g/mol. The van der Waals surface area contributed by atoms with Crippen molar-refractivity contribution in [2.24, 2.45) is 5.92 Å². The second-order valence-corrected chi connectivity index (χ2v) is 8.75. The molecule has 0 radical (unpaired) electrons. The maximum Gasteiger partial charge on any atom is 0.227 e. The lowest BCUT2D eigenvalue weighted by Gasteiger charge is -2.32. The van der Waals surface area contributed by atoms with Crippen LogP contribution in [0.25, 0.3) is 10.9 Å². The summed E-state index contributed by atoms with van der Waals surface area (Å²) in [6.07, 6.45) is 3.12. The highest BCUT2D eigenvalue weighted by atomic mass is 35.5. The van der Waals surface area contributed by atoms with E-state index < -0.39 is 0 Å². The highest BCUT2D eigenvalue weighted by Crippen LogP contribution is 2.30. The molecule has 1 fully saturated rings. The Morgan fingerprint density at radius 2 is 1.71 bits per heavy atom. The van der Waals surface area contributed by atoms with Gasteiger partial charge in [0, 0.05) is 35.0 Å². The number of carbonyl (C=O) groups is 1. The van der Waals surface area contributed by atoms with Gasteiger partial charge in [-0.3, -0.25) is 4.79 Å². The molecule has 1 amide bonds. The molecule has 0 spiro atoms. The Balaban J connectivity index is 1.22. The lowest BCUT2D eigenvalue weighted by atomic mass is 9.95. The predicted octanol–water partition coefficient (Wildman–Crippen LogP) is 5.72. The number of hydrogen-bond acceptors (Lipinski definition) is 5. The van der Waals surface area contributed by atoms with Crippen LogP contribution in [-0.2, 0) is 11.4 Å². The molecular weight excluding hydrogens is 448 g/mol. The van der Waals surface area contributed by atoms with E-state index in [0.717, 1.165) is 48.2 Å². The van der Waals surface area contributed by atoms with Crippen molar-refractivity contribution >= 4 is 39.9 Å². The van der Waals surface area contributed by atoms with Gasteiger partial charge in [0.25, 0.3) is 0 Å². The number of aromatic nitrogens is 2. The molecule has 1 aromatic heterocycles. The molecule has 0 unspecified atom stereocenters. The Morgan fingerprint density at radius 3 is 2.56 bits per heavy atom. The minimum atomic E-state index is -0.0685. The minimum Gasteiger partial charge on any atom is -0.487 e. The third kappa shape index (κ3) is 4.82. The Hall–Kier alpha value is -3.64. The molecule has 4 aromatic rings. The van der Waals surface area contributed by atoms with Gasteiger partial charge in [-0.2, -0.15) is 0 Å². The summed E-state index contributed by atoms with van der Waals surface area (Å²) >= 11 is 6.24. The summed E-state index contributed by atoms with van der Waals surface area (Å²) in [6, 6.07) is 23.1. The lowest BCUT2D eigenvalue weighted by Crippen LogP contribution is -2.38. The maximum absolute atomic E-state index is 13.1. The van der Waals surface area contributed by atoms with Crippen molar-refractivity contribution < 1.29 is 9.53 Å². The first-order valence-electron chi connectivity index (χ1n) is 11.4. The zero-order valence-corrected chi connectivity index (χ0v) is 19.4. The molecule has 2 heterocycles. The van der Waals surface area contributed by atoms with Gasteiger partial charge in [0.05, 0.1) is 11.2 Å². The number of fused-ring (bicyclic) bond motifs is 1. The van der Waals surface area contributed by atoms with Crippen molar-refractivity contribution in [1.29, 1.82) is 0 Å². The van der Waals surface area contributed by atoms with Gasteiger partial charge >= 0.3 is 0 Å². The quantitative estimate of drug-likeness (QED) is 0.389. The molecule has 3 aromatic carbocycles. The van der Waals surface area contributed by atoms with Crippen molar-refractivity contribution in [1.82, 2.24) is 9.97 Å². The molecule has 0 atom stereocenters. The highest BCUT2D eigenvalue weighted by Gasteiger charge is 2.27. The summed E-state index contributed by atoms with van der Waals surface area (Å²) in [6.45, 7) is 1.87. The molecule has 1 aliphatic heterocycles. The summed E-state index contributed by atoms with van der Waals surface area (Å²) in [5.41, 5.74) is 2.50. The fourth-order valence-electron chi connectivity index (χ4n) is 4.30. The first-order chi connectivity index (χ1) is 16.7. The van der Waals surface area contributed by atoms with Gasteiger partial charge in [-0.05, 0) is 43.2 Å². The van der Waals surface area contributed by atoms with E-state index >= 15 is 0 Å². The van der Waals surface area contributed by atoms with Crippen LogP contribution in [0.1, 0.15) is 18.4 Å². The number of nitrogens with one attached hydrogen (secondary N) is 1. The van der Waals surface area contributed by atoms with E-state index in [1.165, 1.54) is 0 Å². The van der Waals surface area contributed by atoms with Crippen LogP contribution in [0.3, 0.4) is 0 Å². The van der Waals surface area contributed by atoms with Crippen LogP contribution in [-0.4, -0.2) is 29.0 Å². The molecule has 6 nitrogen and oxygen atoms in total. The van der Waals surface area contributed by atoms with Gasteiger partial charge in [0.2, 0.25) is 5.91 Å². The lowest BCUT2D eigenvalue weighted by molar-refractivity contribution is -0.120. The Kier molecular flexibility index (Phi) is 6.58. The predicted molar refractivity (Wildman–Crippen MR) is 135 cm³/mol. The Morgan fingerprint density at radius 1 is 0.971 bits per heavy atom. The molecule has 0 saturated carbocycles. The third-order valence-electron chi connectivity index (χ3n) is 6.17. The summed E-state index contributed by atoms with van der Waals surface area (Å²) in [7, 11) is 0. The number of halogens is 1. The van der Waals surface area contributed by atoms with Gasteiger partial charge in [0.1, 0.15) is 24.5 Å². The zero-order valence-electron chi connectivity index (χ0n) is 18.7. The van der Waals surface area contributed by atoms with Crippen LogP contribution in [0, 0.1) is 5.92 Å². The topological polar surface area (TPSA) is 67.3 Å². The van der Waals surface area contributed by atoms with Crippen LogP contribution in [0.15, 0.2) is 79.1 Å². The average Bonchev–Trinajstić information content (AvgIpc) is 2.89. The second-order valence-electron chi connectivity index (χ2n) is 8.34. The first-order valence-corrected chi connectivity index (χ1v) is 11.8. The molecule has 7 heteroatoms. The van der Waals surface area contributed by atoms with Gasteiger partial charge in [-0.15, -0.1) is 0 Å². The van der Waals surface area contributed by atoms with Gasteiger partial charge in [-0.25, -0.2) is 9.97 Å². The molecule has 172 valence electrons. The number of carbonyl (C=O) groups excluding carboxylic acids is 1. The molecule has 1 saturated heterocycles. The fraction of sp³-hybridized carbons (Fsp3) is 0.222. The summed E-state index contributed by atoms with van der Waals surface area (Å²) in [5, 5.41) is 4.77. The molecule has 0 aliphatic carbocycles. The number of para-hydroxylation sites is 3. The van der Waals surface area contributed by atoms with Gasteiger partial charge in [0.15, 0.2) is 0 Å². The molecule has 0 bridgehead atoms. The third-order valence-corrected chi connectivity index (χ3v) is 6.54. The zero-order chi connectivity index (χ0) is 23.3. The van der Waals surface area contributed by atoms with Gasteiger partial charge in [-0.1, -0.05) is 54.1 Å². The van der Waals surface area contributed by atoms with E-state index in [-0.39, 0.29) is 11.8 Å². The number of ether oxygens (including phenoxy) is 1. The number of benzene rings is 3. The molecule has 34 heavy (non-hydrogen) atoms. The number of nitrogens with zero attached hydrogens (tertiary/aromatic N) is 3. The first kappa shape index (κ1) is 22.2. The van der Waals surface area contributed by atoms with E-state index in [4.69, 9.17) is 16.3 Å². The SMILES string of the molecule is O=C(Nc1ccccc1OCc1ccccc1Cl)C1CCN(c2ncnc3ccccc23)CC1. The molecular formula is C27H25ClN4O2. The number of piperidine rings is 1. The van der Waals surface area contributed by atoms with Crippen LogP contribution >= 0.6 is 11.6 Å². The maximum atomic E-state index is 13.1. The van der Waals surface area contributed by atoms with Crippen molar-refractivity contribution in [2.45, 2.75) is 19.4 Å². The van der Waals surface area contributed by atoms with Crippen molar-refractivity contribution in [3.05, 3.63) is 89.7 Å². The number of anilines is 2. The Bertz CT molecular complexity index is 1300. The van der Waals surface area contributed by atoms with Gasteiger partial charge < -0.3 is 15.0 Å². The smallest absolute Gasteiger partial charge is 0.227 e. The Labute approximate surface area is 203 Å². The monoisotopic (exact) mass is 472 g/mol. The van der Waals surface area contributed by atoms with Crippen molar-refractivity contribution in [3.63, 3.8) is 0 Å².